The van der Waals surface area contributed by atoms with Gasteiger partial charge in [-0.1, -0.05) is 0 Å². The van der Waals surface area contributed by atoms with Crippen LogP contribution in [0.5, 0.6) is 0 Å². The normalized spacial score (nSPS) is 11.5. The van der Waals surface area contributed by atoms with Crippen molar-refractivity contribution in [1.29, 1.82) is 0 Å². The van der Waals surface area contributed by atoms with E-state index >= 15 is 0 Å². The van der Waals surface area contributed by atoms with Gasteiger partial charge >= 0.3 is 12.1 Å². The summed E-state index contributed by atoms with van der Waals surface area (Å²) in [5, 5.41) is 2.37. The Kier molecular flexibility index (Phi) is 4.16. The number of nitrogens with one attached hydrogen (secondary N) is 1. The number of carbonyl (C=O) groups excluding carboxylic acids is 1. The Bertz CT molecular complexity index is 731. The number of aromatic nitrogens is 2. The van der Waals surface area contributed by atoms with Gasteiger partial charge in [-0.15, -0.1) is 0 Å². The number of nitrogens with zero attached hydrogens (tertiary/aromatic N) is 2. The average molecular weight is 317 g/mol. The Balaban J connectivity index is 2.74. The Morgan fingerprint density at radius 1 is 1.32 bits per heavy atom. The molecule has 0 aliphatic rings. The van der Waals surface area contributed by atoms with Crippen LogP contribution in [0.15, 0.2) is 12.1 Å². The molecule has 0 bridgehead atoms. The van der Waals surface area contributed by atoms with Gasteiger partial charge in [0.1, 0.15) is 0 Å². The highest BCUT2D eigenvalue weighted by Gasteiger charge is 2.38. The van der Waals surface area contributed by atoms with E-state index in [-0.39, 0.29) is 23.5 Å². The quantitative estimate of drug-likeness (QED) is 0.696. The molecule has 1 N–H and O–H groups in total. The van der Waals surface area contributed by atoms with Gasteiger partial charge in [0.2, 0.25) is 0 Å². The van der Waals surface area contributed by atoms with E-state index in [1.807, 2.05) is 0 Å². The highest BCUT2D eigenvalue weighted by molar-refractivity contribution is 5.95. The molecule has 0 saturated carbocycles. The summed E-state index contributed by atoms with van der Waals surface area (Å²) >= 11 is 0. The summed E-state index contributed by atoms with van der Waals surface area (Å²) in [6.45, 7) is 1.36. The van der Waals surface area contributed by atoms with Gasteiger partial charge in [-0.25, -0.2) is 19.2 Å². The molecule has 5 nitrogen and oxygen atoms in total. The van der Waals surface area contributed by atoms with Crippen LogP contribution in [-0.2, 0) is 10.9 Å². The summed E-state index contributed by atoms with van der Waals surface area (Å²) in [6.07, 6.45) is -4.87. The zero-order valence-electron chi connectivity index (χ0n) is 11.6. The molecule has 0 radical (unpaired) electrons. The highest BCUT2D eigenvalue weighted by Crippen LogP contribution is 2.33. The van der Waals surface area contributed by atoms with Crippen molar-refractivity contribution < 1.29 is 27.1 Å². The number of carbonyl (C=O) groups is 1. The predicted octanol–water partition coefficient (Wildman–Crippen LogP) is 3.01. The first-order valence-corrected chi connectivity index (χ1v) is 6.21. The maximum absolute atomic E-state index is 13.6. The fourth-order valence-electron chi connectivity index (χ4n) is 1.83. The molecule has 0 aliphatic carbocycles. The molecule has 0 spiro atoms. The molecule has 0 saturated heterocycles. The number of fused-ring (bicyclic) bond motifs is 1. The van der Waals surface area contributed by atoms with Crippen LogP contribution >= 0.6 is 0 Å². The van der Waals surface area contributed by atoms with Gasteiger partial charge in [-0.2, -0.15) is 13.2 Å². The first kappa shape index (κ1) is 15.9. The first-order valence-electron chi connectivity index (χ1n) is 6.21. The zero-order valence-corrected chi connectivity index (χ0v) is 11.6. The summed E-state index contributed by atoms with van der Waals surface area (Å²) in [5.74, 6) is -2.19. The van der Waals surface area contributed by atoms with Crippen molar-refractivity contribution in [2.24, 2.45) is 0 Å². The molecule has 22 heavy (non-hydrogen) atoms. The van der Waals surface area contributed by atoms with Crippen LogP contribution in [0.1, 0.15) is 23.0 Å². The maximum Gasteiger partial charge on any atom is 0.434 e. The van der Waals surface area contributed by atoms with Gasteiger partial charge in [0, 0.05) is 12.4 Å². The Morgan fingerprint density at radius 3 is 2.55 bits per heavy atom. The van der Waals surface area contributed by atoms with Crippen molar-refractivity contribution in [2.75, 3.05) is 19.0 Å². The van der Waals surface area contributed by atoms with Crippen molar-refractivity contribution in [1.82, 2.24) is 9.97 Å². The largest absolute Gasteiger partial charge is 0.462 e. The number of alkyl halides is 3. The first-order chi connectivity index (χ1) is 10.3. The number of rotatable bonds is 3. The lowest BCUT2D eigenvalue weighted by molar-refractivity contribution is -0.141. The summed E-state index contributed by atoms with van der Waals surface area (Å²) in [6, 6.07) is 1.82. The molecule has 2 aromatic rings. The molecule has 9 heteroatoms. The fraction of sp³-hybridized carbons (Fsp3) is 0.308. The predicted molar refractivity (Wildman–Crippen MR) is 70.0 cm³/mol. The smallest absolute Gasteiger partial charge is 0.434 e. The Hall–Kier alpha value is -2.45. The van der Waals surface area contributed by atoms with Gasteiger partial charge in [-0.05, 0) is 19.1 Å². The van der Waals surface area contributed by atoms with E-state index in [4.69, 9.17) is 0 Å². The minimum Gasteiger partial charge on any atom is -0.462 e. The lowest BCUT2D eigenvalue weighted by Crippen LogP contribution is -2.18. The van der Waals surface area contributed by atoms with Crippen molar-refractivity contribution in [3.05, 3.63) is 29.2 Å². The van der Waals surface area contributed by atoms with Gasteiger partial charge in [0.25, 0.3) is 0 Å². The minimum atomic E-state index is -4.87. The number of hydrogen-bond donors (Lipinski definition) is 1. The van der Waals surface area contributed by atoms with E-state index in [1.54, 1.807) is 0 Å². The highest BCUT2D eigenvalue weighted by atomic mass is 19.4. The SMILES string of the molecule is CCOC(=O)c1cc2cc(F)c(NC)nc2nc1C(F)(F)F. The molecule has 0 atom stereocenters. The molecule has 2 heterocycles. The standard InChI is InChI=1S/C13H11F4N3O2/c1-3-22-12(21)7-4-6-5-8(14)11(18-2)20-10(6)19-9(7)13(15,16)17/h4-5H,3H2,1-2H3,(H,18,19,20). The van der Waals surface area contributed by atoms with Gasteiger partial charge in [0.15, 0.2) is 23.0 Å². The summed E-state index contributed by atoms with van der Waals surface area (Å²) < 4.78 is 57.4. The van der Waals surface area contributed by atoms with Crippen LogP contribution in [0.2, 0.25) is 0 Å². The van der Waals surface area contributed by atoms with Gasteiger partial charge in [0.05, 0.1) is 12.2 Å². The molecule has 2 aromatic heterocycles. The second-order valence-corrected chi connectivity index (χ2v) is 4.22. The average Bonchev–Trinajstić information content (AvgIpc) is 2.44. The summed E-state index contributed by atoms with van der Waals surface area (Å²) in [5.41, 5.74) is -2.52. The van der Waals surface area contributed by atoms with E-state index in [1.165, 1.54) is 14.0 Å². The van der Waals surface area contributed by atoms with Crippen LogP contribution in [0.4, 0.5) is 23.4 Å². The lowest BCUT2D eigenvalue weighted by Gasteiger charge is -2.12. The second kappa shape index (κ2) is 5.74. The monoisotopic (exact) mass is 317 g/mol. The van der Waals surface area contributed by atoms with Crippen LogP contribution in [0, 0.1) is 5.82 Å². The molecule has 118 valence electrons. The Morgan fingerprint density at radius 2 is 2.00 bits per heavy atom. The molecule has 0 unspecified atom stereocenters. The van der Waals surface area contributed by atoms with Gasteiger partial charge in [-0.3, -0.25) is 0 Å². The number of hydrogen-bond acceptors (Lipinski definition) is 5. The number of anilines is 1. The van der Waals surface area contributed by atoms with Crippen LogP contribution in [0.25, 0.3) is 11.0 Å². The summed E-state index contributed by atoms with van der Waals surface area (Å²) in [4.78, 5) is 18.7. The second-order valence-electron chi connectivity index (χ2n) is 4.22. The number of ether oxygens (including phenoxy) is 1. The summed E-state index contributed by atoms with van der Waals surface area (Å²) in [7, 11) is 1.37. The topological polar surface area (TPSA) is 64.1 Å². The van der Waals surface area contributed by atoms with Gasteiger partial charge < -0.3 is 10.1 Å². The molecule has 0 amide bonds. The molecular weight excluding hydrogens is 306 g/mol. The van der Waals surface area contributed by atoms with Crippen molar-refractivity contribution in [2.45, 2.75) is 13.1 Å². The van der Waals surface area contributed by atoms with Crippen molar-refractivity contribution >= 4 is 22.8 Å². The van der Waals surface area contributed by atoms with E-state index in [9.17, 15) is 22.4 Å². The third-order valence-corrected chi connectivity index (χ3v) is 2.76. The molecule has 0 aromatic carbocycles. The fourth-order valence-corrected chi connectivity index (χ4v) is 1.83. The van der Waals surface area contributed by atoms with E-state index < -0.39 is 29.2 Å². The minimum absolute atomic E-state index is 0.0347. The Labute approximate surface area is 122 Å². The number of halogens is 4. The lowest BCUT2D eigenvalue weighted by atomic mass is 10.1. The van der Waals surface area contributed by atoms with E-state index in [0.29, 0.717) is 0 Å². The third kappa shape index (κ3) is 2.92. The number of pyridine rings is 2. The van der Waals surface area contributed by atoms with E-state index in [0.717, 1.165) is 12.1 Å². The maximum atomic E-state index is 13.6. The van der Waals surface area contributed by atoms with Crippen molar-refractivity contribution in [3.63, 3.8) is 0 Å². The third-order valence-electron chi connectivity index (χ3n) is 2.76. The molecule has 2 rings (SSSR count). The van der Waals surface area contributed by atoms with Crippen molar-refractivity contribution in [3.8, 4) is 0 Å². The van der Waals surface area contributed by atoms with Crippen LogP contribution in [0.3, 0.4) is 0 Å². The zero-order chi connectivity index (χ0) is 16.5. The molecule has 0 aliphatic heterocycles. The molecule has 0 fully saturated rings. The van der Waals surface area contributed by atoms with E-state index in [2.05, 4.69) is 20.0 Å². The van der Waals surface area contributed by atoms with Crippen LogP contribution in [-0.4, -0.2) is 29.6 Å². The molecular formula is C13H11F4N3O2. The van der Waals surface area contributed by atoms with Crippen LogP contribution < -0.4 is 5.32 Å². The number of esters is 1.